The third-order valence-electron chi connectivity index (χ3n) is 4.43. The summed E-state index contributed by atoms with van der Waals surface area (Å²) in [6.45, 7) is 5.75. The molecule has 0 radical (unpaired) electrons. The van der Waals surface area contributed by atoms with Crippen molar-refractivity contribution in [2.45, 2.75) is 57.2 Å². The van der Waals surface area contributed by atoms with Gasteiger partial charge in [-0.1, -0.05) is 24.3 Å². The van der Waals surface area contributed by atoms with Gasteiger partial charge in [-0.15, -0.1) is 0 Å². The highest BCUT2D eigenvalue weighted by molar-refractivity contribution is 5.82. The summed E-state index contributed by atoms with van der Waals surface area (Å²) in [7, 11) is 0. The van der Waals surface area contributed by atoms with Crippen LogP contribution in [-0.4, -0.2) is 33.5 Å². The van der Waals surface area contributed by atoms with Crippen molar-refractivity contribution in [3.8, 4) is 0 Å². The maximum Gasteiger partial charge on any atom is 0.471 e. The third kappa shape index (κ3) is 8.52. The van der Waals surface area contributed by atoms with E-state index >= 15 is 0 Å². The molecule has 32 heavy (non-hydrogen) atoms. The van der Waals surface area contributed by atoms with E-state index in [-0.39, 0.29) is 11.4 Å². The number of nitrogens with one attached hydrogen (secondary N) is 1. The standard InChI is InChI=1S/C12H13F4NO2.C10H14FNO/c1-11(2,19)9(17-10(18)12(14,15)16)7-3-5-8(13)6-4-7;1-10(2,13)9(12)7-3-5-8(11)6-4-7/h3-6,9,19H,1-2H3,(H,17,18);3-6,9,13H,12H2,1-2H3/t2*9-/m11/s1. The molecule has 5 N–H and O–H groups in total. The van der Waals surface area contributed by atoms with Crippen molar-refractivity contribution < 1.29 is 37.0 Å². The van der Waals surface area contributed by atoms with Gasteiger partial charge < -0.3 is 21.3 Å². The third-order valence-corrected chi connectivity index (χ3v) is 4.43. The van der Waals surface area contributed by atoms with E-state index in [1.54, 1.807) is 31.3 Å². The first-order chi connectivity index (χ1) is 14.4. The Morgan fingerprint density at radius 3 is 1.50 bits per heavy atom. The topological polar surface area (TPSA) is 95.6 Å². The van der Waals surface area contributed by atoms with E-state index < -0.39 is 41.2 Å². The van der Waals surface area contributed by atoms with E-state index in [2.05, 4.69) is 0 Å². The number of amides is 1. The minimum absolute atomic E-state index is 0.173. The molecule has 5 nitrogen and oxygen atoms in total. The number of benzene rings is 2. The van der Waals surface area contributed by atoms with Crippen molar-refractivity contribution in [3.63, 3.8) is 0 Å². The molecule has 1 amide bonds. The fourth-order valence-corrected chi connectivity index (χ4v) is 2.61. The summed E-state index contributed by atoms with van der Waals surface area (Å²) in [5, 5.41) is 21.1. The maximum atomic E-state index is 12.8. The summed E-state index contributed by atoms with van der Waals surface area (Å²) < 4.78 is 62.0. The van der Waals surface area contributed by atoms with Crippen molar-refractivity contribution in [1.82, 2.24) is 5.32 Å². The minimum atomic E-state index is -5.05. The SMILES string of the molecule is CC(C)(O)[C@H](N)c1ccc(F)cc1.CC(C)(O)[C@H](NC(=O)C(F)(F)F)c1ccc(F)cc1. The lowest BCUT2D eigenvalue weighted by molar-refractivity contribution is -0.176. The van der Waals surface area contributed by atoms with E-state index in [1.165, 1.54) is 38.1 Å². The molecule has 0 bridgehead atoms. The predicted octanol–water partition coefficient (Wildman–Crippen LogP) is 3.91. The van der Waals surface area contributed by atoms with E-state index in [0.717, 1.165) is 17.7 Å². The molecule has 0 fully saturated rings. The molecule has 10 heteroatoms. The van der Waals surface area contributed by atoms with Gasteiger partial charge >= 0.3 is 12.1 Å². The fraction of sp³-hybridized carbons (Fsp3) is 0.409. The molecule has 0 spiro atoms. The van der Waals surface area contributed by atoms with Gasteiger partial charge in [0.05, 0.1) is 23.3 Å². The normalized spacial score (nSPS) is 14.1. The molecule has 178 valence electrons. The Morgan fingerprint density at radius 2 is 1.19 bits per heavy atom. The highest BCUT2D eigenvalue weighted by Crippen LogP contribution is 2.27. The van der Waals surface area contributed by atoms with Gasteiger partial charge in [0, 0.05) is 0 Å². The molecule has 0 aliphatic carbocycles. The van der Waals surface area contributed by atoms with Crippen LogP contribution >= 0.6 is 0 Å². The fourth-order valence-electron chi connectivity index (χ4n) is 2.61. The number of carbonyl (C=O) groups excluding carboxylic acids is 1. The lowest BCUT2D eigenvalue weighted by Gasteiger charge is -2.30. The Kier molecular flexibility index (Phi) is 8.90. The molecule has 0 aliphatic heterocycles. The maximum absolute atomic E-state index is 12.8. The van der Waals surface area contributed by atoms with E-state index in [9.17, 15) is 37.0 Å². The van der Waals surface area contributed by atoms with Crippen LogP contribution in [0.5, 0.6) is 0 Å². The summed E-state index contributed by atoms with van der Waals surface area (Å²) >= 11 is 0. The van der Waals surface area contributed by atoms with Crippen LogP contribution in [0.4, 0.5) is 22.0 Å². The van der Waals surface area contributed by atoms with Crippen molar-refractivity contribution in [3.05, 3.63) is 71.3 Å². The van der Waals surface area contributed by atoms with Crippen molar-refractivity contribution in [1.29, 1.82) is 0 Å². The lowest BCUT2D eigenvalue weighted by atomic mass is 9.92. The Balaban J connectivity index is 0.000000343. The van der Waals surface area contributed by atoms with Gasteiger partial charge in [0.25, 0.3) is 0 Å². The lowest BCUT2D eigenvalue weighted by Crippen LogP contribution is -2.46. The molecular weight excluding hydrogens is 435 g/mol. The van der Waals surface area contributed by atoms with Gasteiger partial charge in [0.2, 0.25) is 0 Å². The van der Waals surface area contributed by atoms with Crippen LogP contribution < -0.4 is 11.1 Å². The summed E-state index contributed by atoms with van der Waals surface area (Å²) in [4.78, 5) is 10.9. The Hall–Kier alpha value is -2.56. The number of nitrogens with two attached hydrogens (primary N) is 1. The first-order valence-electron chi connectivity index (χ1n) is 9.52. The van der Waals surface area contributed by atoms with Crippen molar-refractivity contribution in [2.75, 3.05) is 0 Å². The quantitative estimate of drug-likeness (QED) is 0.507. The zero-order valence-corrected chi connectivity index (χ0v) is 18.0. The first kappa shape index (κ1) is 27.5. The van der Waals surface area contributed by atoms with Crippen LogP contribution in [0.3, 0.4) is 0 Å². The summed E-state index contributed by atoms with van der Waals surface area (Å²) in [5.74, 6) is -3.03. The van der Waals surface area contributed by atoms with Crippen molar-refractivity contribution in [2.24, 2.45) is 5.73 Å². The molecule has 0 unspecified atom stereocenters. The Bertz CT molecular complexity index is 871. The zero-order valence-electron chi connectivity index (χ0n) is 18.0. The van der Waals surface area contributed by atoms with Gasteiger partial charge in [-0.25, -0.2) is 8.78 Å². The molecule has 2 aromatic carbocycles. The molecule has 0 saturated heterocycles. The number of carbonyl (C=O) groups is 1. The first-order valence-corrected chi connectivity index (χ1v) is 9.52. The minimum Gasteiger partial charge on any atom is -0.388 e. The van der Waals surface area contributed by atoms with Gasteiger partial charge in [-0.05, 0) is 63.1 Å². The molecular formula is C22H27F5N2O3. The molecule has 2 rings (SSSR count). The molecule has 2 atom stereocenters. The molecule has 2 aromatic rings. The second kappa shape index (κ2) is 10.4. The highest BCUT2D eigenvalue weighted by Gasteiger charge is 2.42. The number of halogens is 5. The summed E-state index contributed by atoms with van der Waals surface area (Å²) in [5.41, 5.74) is 4.02. The Labute approximate surface area is 183 Å². The molecule has 0 aliphatic rings. The van der Waals surface area contributed by atoms with Gasteiger partial charge in [-0.2, -0.15) is 13.2 Å². The van der Waals surface area contributed by atoms with Crippen molar-refractivity contribution >= 4 is 5.91 Å². The van der Waals surface area contributed by atoms with Gasteiger partial charge in [-0.3, -0.25) is 4.79 Å². The van der Waals surface area contributed by atoms with Crippen LogP contribution in [-0.2, 0) is 4.79 Å². The zero-order chi connectivity index (χ0) is 24.9. The number of rotatable bonds is 5. The molecule has 0 aromatic heterocycles. The number of alkyl halides is 3. The number of hydrogen-bond acceptors (Lipinski definition) is 4. The van der Waals surface area contributed by atoms with Gasteiger partial charge in [0.15, 0.2) is 0 Å². The molecule has 0 saturated carbocycles. The van der Waals surface area contributed by atoms with Crippen LogP contribution in [0.25, 0.3) is 0 Å². The molecule has 0 heterocycles. The average molecular weight is 462 g/mol. The second-order valence-corrected chi connectivity index (χ2v) is 8.29. The van der Waals surface area contributed by atoms with Crippen LogP contribution in [0.2, 0.25) is 0 Å². The highest BCUT2D eigenvalue weighted by atomic mass is 19.4. The monoisotopic (exact) mass is 462 g/mol. The van der Waals surface area contributed by atoms with Crippen LogP contribution in [0.15, 0.2) is 48.5 Å². The number of hydrogen-bond donors (Lipinski definition) is 4. The summed E-state index contributed by atoms with van der Waals surface area (Å²) in [6, 6.07) is 8.51. The Morgan fingerprint density at radius 1 is 0.812 bits per heavy atom. The number of aliphatic hydroxyl groups is 2. The van der Waals surface area contributed by atoms with Crippen LogP contribution in [0, 0.1) is 11.6 Å². The predicted molar refractivity (Wildman–Crippen MR) is 109 cm³/mol. The van der Waals surface area contributed by atoms with E-state index in [4.69, 9.17) is 5.73 Å². The average Bonchev–Trinajstić information content (AvgIpc) is 2.65. The van der Waals surface area contributed by atoms with Crippen LogP contribution in [0.1, 0.15) is 50.9 Å². The van der Waals surface area contributed by atoms with E-state index in [0.29, 0.717) is 0 Å². The summed E-state index contributed by atoms with van der Waals surface area (Å²) in [6.07, 6.45) is -5.05. The second-order valence-electron chi connectivity index (χ2n) is 8.29. The van der Waals surface area contributed by atoms with Gasteiger partial charge in [0.1, 0.15) is 11.6 Å². The largest absolute Gasteiger partial charge is 0.471 e. The smallest absolute Gasteiger partial charge is 0.388 e. The van der Waals surface area contributed by atoms with E-state index in [1.807, 2.05) is 0 Å².